The quantitative estimate of drug-likeness (QED) is 0.902. The Morgan fingerprint density at radius 2 is 2.24 bits per heavy atom. The van der Waals surface area contributed by atoms with Crippen LogP contribution < -0.4 is 5.32 Å². The van der Waals surface area contributed by atoms with Gasteiger partial charge in [0.05, 0.1) is 29.8 Å². The highest BCUT2D eigenvalue weighted by molar-refractivity contribution is 7.10. The summed E-state index contributed by atoms with van der Waals surface area (Å²) in [5.41, 5.74) is 1.14. The van der Waals surface area contributed by atoms with E-state index < -0.39 is 0 Å². The number of imidazole rings is 1. The Labute approximate surface area is 107 Å². The van der Waals surface area contributed by atoms with E-state index in [0.29, 0.717) is 6.04 Å². The van der Waals surface area contributed by atoms with E-state index in [1.165, 1.54) is 10.6 Å². The molecule has 0 radical (unpaired) electrons. The maximum Gasteiger partial charge on any atom is 0.0954 e. The molecule has 0 bridgehead atoms. The fourth-order valence-electron chi connectivity index (χ4n) is 1.89. The van der Waals surface area contributed by atoms with Crippen LogP contribution in [-0.4, -0.2) is 16.6 Å². The van der Waals surface area contributed by atoms with Crippen molar-refractivity contribution < 1.29 is 0 Å². The minimum Gasteiger partial charge on any atom is -0.325 e. The molecule has 1 atom stereocenters. The predicted octanol–water partition coefficient (Wildman–Crippen LogP) is 3.01. The molecule has 0 saturated carbocycles. The van der Waals surface area contributed by atoms with Crippen LogP contribution in [0, 0.1) is 0 Å². The Morgan fingerprint density at radius 1 is 1.47 bits per heavy atom. The van der Waals surface area contributed by atoms with Gasteiger partial charge in [0, 0.05) is 4.88 Å². The van der Waals surface area contributed by atoms with Crippen molar-refractivity contribution in [2.45, 2.75) is 32.4 Å². The third-order valence-corrected chi connectivity index (χ3v) is 4.35. The number of rotatable bonds is 4. The summed E-state index contributed by atoms with van der Waals surface area (Å²) in [5.74, 6) is 0. The highest BCUT2D eigenvalue weighted by atomic mass is 32.1. The molecule has 1 N–H and O–H groups in total. The second-order valence-electron chi connectivity index (χ2n) is 4.75. The van der Waals surface area contributed by atoms with Crippen molar-refractivity contribution >= 4 is 11.3 Å². The molecule has 2 aromatic heterocycles. The molecule has 1 unspecified atom stereocenters. The molecule has 0 fully saturated rings. The normalized spacial score (nSPS) is 13.9. The second kappa shape index (κ2) is 4.63. The van der Waals surface area contributed by atoms with Crippen molar-refractivity contribution in [2.24, 2.45) is 0 Å². The number of hydrogen-bond acceptors (Lipinski definition) is 3. The first-order chi connectivity index (χ1) is 8.06. The SMILES string of the molecule is CNC(C)(C)c1cncn1C(C)c1cccs1. The summed E-state index contributed by atoms with van der Waals surface area (Å²) in [6.07, 6.45) is 3.86. The van der Waals surface area contributed by atoms with Crippen LogP contribution in [0.5, 0.6) is 0 Å². The maximum atomic E-state index is 4.29. The van der Waals surface area contributed by atoms with Gasteiger partial charge in [-0.1, -0.05) is 6.07 Å². The fraction of sp³-hybridized carbons (Fsp3) is 0.462. The van der Waals surface area contributed by atoms with E-state index in [-0.39, 0.29) is 5.54 Å². The van der Waals surface area contributed by atoms with E-state index in [9.17, 15) is 0 Å². The first kappa shape index (κ1) is 12.3. The third-order valence-electron chi connectivity index (χ3n) is 3.30. The average Bonchev–Trinajstić information content (AvgIpc) is 2.99. The molecule has 2 aromatic rings. The lowest BCUT2D eigenvalue weighted by molar-refractivity contribution is 0.402. The van der Waals surface area contributed by atoms with Gasteiger partial charge in [-0.05, 0) is 39.3 Å². The van der Waals surface area contributed by atoms with Crippen molar-refractivity contribution in [3.05, 3.63) is 40.6 Å². The number of nitrogens with one attached hydrogen (secondary N) is 1. The number of hydrogen-bond donors (Lipinski definition) is 1. The zero-order valence-corrected chi connectivity index (χ0v) is 11.6. The van der Waals surface area contributed by atoms with Crippen LogP contribution in [0.4, 0.5) is 0 Å². The lowest BCUT2D eigenvalue weighted by Gasteiger charge is -2.27. The smallest absolute Gasteiger partial charge is 0.0954 e. The fourth-order valence-corrected chi connectivity index (χ4v) is 2.67. The Kier molecular flexibility index (Phi) is 3.35. The summed E-state index contributed by atoms with van der Waals surface area (Å²) in [6.45, 7) is 6.55. The standard InChI is InChI=1S/C13H19N3S/c1-10(11-6-5-7-17-11)16-9-15-8-12(16)13(2,3)14-4/h5-10,14H,1-4H3. The molecule has 0 spiro atoms. The zero-order valence-electron chi connectivity index (χ0n) is 10.8. The van der Waals surface area contributed by atoms with Gasteiger partial charge < -0.3 is 9.88 Å². The van der Waals surface area contributed by atoms with E-state index in [1.807, 2.05) is 19.6 Å². The largest absolute Gasteiger partial charge is 0.325 e. The lowest BCUT2D eigenvalue weighted by atomic mass is 10.0. The molecule has 2 heterocycles. The van der Waals surface area contributed by atoms with Gasteiger partial charge in [-0.15, -0.1) is 11.3 Å². The highest BCUT2D eigenvalue weighted by Gasteiger charge is 2.24. The summed E-state index contributed by atoms with van der Waals surface area (Å²) in [5, 5.41) is 5.44. The average molecular weight is 249 g/mol. The van der Waals surface area contributed by atoms with Crippen molar-refractivity contribution in [1.82, 2.24) is 14.9 Å². The van der Waals surface area contributed by atoms with Gasteiger partial charge in [0.2, 0.25) is 0 Å². The molecule has 3 nitrogen and oxygen atoms in total. The van der Waals surface area contributed by atoms with Crippen LogP contribution in [0.25, 0.3) is 0 Å². The van der Waals surface area contributed by atoms with Crippen LogP contribution in [0.1, 0.15) is 37.4 Å². The predicted molar refractivity (Wildman–Crippen MR) is 72.4 cm³/mol. The molecular formula is C13H19N3S. The molecule has 17 heavy (non-hydrogen) atoms. The summed E-state index contributed by atoms with van der Waals surface area (Å²) in [7, 11) is 1.98. The van der Waals surface area contributed by atoms with Crippen molar-refractivity contribution in [3.63, 3.8) is 0 Å². The molecular weight excluding hydrogens is 230 g/mol. The molecule has 2 rings (SSSR count). The highest BCUT2D eigenvalue weighted by Crippen LogP contribution is 2.28. The zero-order chi connectivity index (χ0) is 12.5. The van der Waals surface area contributed by atoms with Crippen LogP contribution in [0.2, 0.25) is 0 Å². The first-order valence-corrected chi connectivity index (χ1v) is 6.69. The van der Waals surface area contributed by atoms with Crippen LogP contribution in [0.3, 0.4) is 0 Å². The molecule has 92 valence electrons. The van der Waals surface area contributed by atoms with Crippen molar-refractivity contribution in [2.75, 3.05) is 7.05 Å². The summed E-state index contributed by atoms with van der Waals surface area (Å²) in [4.78, 5) is 5.65. The Morgan fingerprint density at radius 3 is 2.82 bits per heavy atom. The minimum absolute atomic E-state index is 0.0674. The van der Waals surface area contributed by atoms with E-state index in [4.69, 9.17) is 0 Å². The molecule has 0 aliphatic rings. The topological polar surface area (TPSA) is 29.9 Å². The number of aromatic nitrogens is 2. The van der Waals surface area contributed by atoms with Gasteiger partial charge in [0.15, 0.2) is 0 Å². The third kappa shape index (κ3) is 2.28. The van der Waals surface area contributed by atoms with E-state index >= 15 is 0 Å². The summed E-state index contributed by atoms with van der Waals surface area (Å²) < 4.78 is 2.24. The molecule has 4 heteroatoms. The Hall–Kier alpha value is -1.13. The summed E-state index contributed by atoms with van der Waals surface area (Å²) in [6, 6.07) is 4.60. The van der Waals surface area contributed by atoms with Gasteiger partial charge >= 0.3 is 0 Å². The lowest BCUT2D eigenvalue weighted by Crippen LogP contribution is -2.35. The van der Waals surface area contributed by atoms with Gasteiger partial charge in [0.25, 0.3) is 0 Å². The first-order valence-electron chi connectivity index (χ1n) is 5.81. The molecule has 0 aromatic carbocycles. The van der Waals surface area contributed by atoms with E-state index in [2.05, 4.69) is 53.2 Å². The molecule has 0 aliphatic heterocycles. The monoisotopic (exact) mass is 249 g/mol. The van der Waals surface area contributed by atoms with Gasteiger partial charge in [0.1, 0.15) is 0 Å². The number of thiophene rings is 1. The minimum atomic E-state index is -0.0674. The molecule has 0 amide bonds. The maximum absolute atomic E-state index is 4.29. The van der Waals surface area contributed by atoms with Crippen molar-refractivity contribution in [3.8, 4) is 0 Å². The van der Waals surface area contributed by atoms with Crippen molar-refractivity contribution in [1.29, 1.82) is 0 Å². The second-order valence-corrected chi connectivity index (χ2v) is 5.73. The van der Waals surface area contributed by atoms with Gasteiger partial charge in [-0.2, -0.15) is 0 Å². The molecule has 0 aliphatic carbocycles. The van der Waals surface area contributed by atoms with Crippen LogP contribution in [0.15, 0.2) is 30.0 Å². The Balaban J connectivity index is 2.38. The summed E-state index contributed by atoms with van der Waals surface area (Å²) >= 11 is 1.79. The Bertz CT molecular complexity index is 471. The van der Waals surface area contributed by atoms with Crippen LogP contribution >= 0.6 is 11.3 Å². The van der Waals surface area contributed by atoms with E-state index in [0.717, 1.165) is 0 Å². The van der Waals surface area contributed by atoms with Gasteiger partial charge in [-0.3, -0.25) is 0 Å². The molecule has 0 saturated heterocycles. The van der Waals surface area contributed by atoms with Crippen LogP contribution in [-0.2, 0) is 5.54 Å². The van der Waals surface area contributed by atoms with Gasteiger partial charge in [-0.25, -0.2) is 4.98 Å². The number of nitrogens with zero attached hydrogens (tertiary/aromatic N) is 2. The van der Waals surface area contributed by atoms with E-state index in [1.54, 1.807) is 11.3 Å².